The zero-order valence-corrected chi connectivity index (χ0v) is 14.2. The summed E-state index contributed by atoms with van der Waals surface area (Å²) in [4.78, 5) is 19.8. The number of rotatable bonds is 7. The molecule has 0 unspecified atom stereocenters. The van der Waals surface area contributed by atoms with Crippen molar-refractivity contribution in [1.82, 2.24) is 19.9 Å². The van der Waals surface area contributed by atoms with Gasteiger partial charge in [0.15, 0.2) is 0 Å². The number of carbonyl (C=O) groups is 1. The molecule has 0 saturated carbocycles. The van der Waals surface area contributed by atoms with Gasteiger partial charge in [0.05, 0.1) is 17.8 Å². The number of hydrogen-bond acceptors (Lipinski definition) is 4. The Labute approximate surface area is 149 Å². The van der Waals surface area contributed by atoms with E-state index in [2.05, 4.69) is 15.3 Å². The average molecular weight is 356 g/mol. The third-order valence-corrected chi connectivity index (χ3v) is 4.51. The number of hydrogen-bond donors (Lipinski definition) is 1. The molecule has 0 radical (unpaired) electrons. The Morgan fingerprint density at radius 3 is 2.84 bits per heavy atom. The van der Waals surface area contributed by atoms with E-state index in [9.17, 15) is 9.18 Å². The van der Waals surface area contributed by atoms with E-state index in [4.69, 9.17) is 0 Å². The quantitative estimate of drug-likeness (QED) is 0.707. The molecule has 5 nitrogen and oxygen atoms in total. The summed E-state index contributed by atoms with van der Waals surface area (Å²) in [5, 5.41) is 2.81. The largest absolute Gasteiger partial charge is 0.351 e. The first-order valence-electron chi connectivity index (χ1n) is 7.72. The molecule has 128 valence electrons. The maximum Gasteiger partial charge on any atom is 0.230 e. The third-order valence-electron chi connectivity index (χ3n) is 3.51. The predicted molar refractivity (Wildman–Crippen MR) is 95.8 cm³/mol. The van der Waals surface area contributed by atoms with Crippen LogP contribution in [0.1, 0.15) is 11.1 Å². The normalized spacial score (nSPS) is 10.6. The lowest BCUT2D eigenvalue weighted by molar-refractivity contribution is -0.118. The number of nitrogens with one attached hydrogen (secondary N) is 1. The molecule has 0 atom stereocenters. The Balaban J connectivity index is 1.46. The molecule has 0 bridgehead atoms. The van der Waals surface area contributed by atoms with Crippen molar-refractivity contribution in [2.75, 3.05) is 5.75 Å². The number of amides is 1. The van der Waals surface area contributed by atoms with Crippen molar-refractivity contribution < 1.29 is 9.18 Å². The highest BCUT2D eigenvalue weighted by atomic mass is 32.2. The lowest BCUT2D eigenvalue weighted by Crippen LogP contribution is -2.24. The number of halogens is 1. The number of carbonyl (C=O) groups excluding carboxylic acids is 1. The number of benzene rings is 1. The van der Waals surface area contributed by atoms with E-state index in [0.29, 0.717) is 23.5 Å². The van der Waals surface area contributed by atoms with Gasteiger partial charge >= 0.3 is 0 Å². The fourth-order valence-electron chi connectivity index (χ4n) is 2.27. The number of aromatic nitrogens is 3. The van der Waals surface area contributed by atoms with Gasteiger partial charge in [-0.1, -0.05) is 12.1 Å². The minimum atomic E-state index is -0.351. The molecule has 3 rings (SSSR count). The van der Waals surface area contributed by atoms with Gasteiger partial charge in [-0.15, -0.1) is 11.8 Å². The van der Waals surface area contributed by atoms with E-state index in [1.165, 1.54) is 17.8 Å². The number of nitrogens with zero attached hydrogens (tertiary/aromatic N) is 3. The summed E-state index contributed by atoms with van der Waals surface area (Å²) in [7, 11) is 0. The predicted octanol–water partition coefficient (Wildman–Crippen LogP) is 2.96. The van der Waals surface area contributed by atoms with Gasteiger partial charge in [-0.25, -0.2) is 9.37 Å². The molecule has 0 aliphatic rings. The van der Waals surface area contributed by atoms with Crippen molar-refractivity contribution in [1.29, 1.82) is 0 Å². The average Bonchev–Trinajstić information content (AvgIpc) is 3.15. The Bertz CT molecular complexity index is 824. The van der Waals surface area contributed by atoms with Gasteiger partial charge in [-0.05, 0) is 29.3 Å². The Hall–Kier alpha value is -2.67. The fraction of sp³-hybridized carbons (Fsp3) is 0.167. The number of pyridine rings is 1. The van der Waals surface area contributed by atoms with Crippen LogP contribution in [-0.4, -0.2) is 26.2 Å². The van der Waals surface area contributed by atoms with Crippen LogP contribution < -0.4 is 5.32 Å². The van der Waals surface area contributed by atoms with Gasteiger partial charge in [0.1, 0.15) is 5.82 Å². The van der Waals surface area contributed by atoms with E-state index in [0.717, 1.165) is 11.3 Å². The molecule has 25 heavy (non-hydrogen) atoms. The second-order valence-electron chi connectivity index (χ2n) is 5.39. The molecular weight excluding hydrogens is 339 g/mol. The molecule has 1 amide bonds. The van der Waals surface area contributed by atoms with Crippen molar-refractivity contribution in [2.45, 2.75) is 12.3 Å². The summed E-state index contributed by atoms with van der Waals surface area (Å²) in [5.74, 6) is 0.656. The second kappa shape index (κ2) is 8.43. The summed E-state index contributed by atoms with van der Waals surface area (Å²) in [6.07, 6.45) is 8.32. The van der Waals surface area contributed by atoms with Crippen molar-refractivity contribution in [3.05, 3.63) is 78.4 Å². The van der Waals surface area contributed by atoms with E-state index in [-0.39, 0.29) is 11.7 Å². The topological polar surface area (TPSA) is 59.8 Å². The van der Waals surface area contributed by atoms with E-state index >= 15 is 0 Å². The minimum absolute atomic E-state index is 0.0759. The maximum absolute atomic E-state index is 14.2. The first-order valence-corrected chi connectivity index (χ1v) is 8.88. The summed E-state index contributed by atoms with van der Waals surface area (Å²) < 4.78 is 15.8. The van der Waals surface area contributed by atoms with Gasteiger partial charge in [0.25, 0.3) is 0 Å². The van der Waals surface area contributed by atoms with Crippen LogP contribution in [0.5, 0.6) is 0 Å². The van der Waals surface area contributed by atoms with Gasteiger partial charge in [-0.3, -0.25) is 9.78 Å². The zero-order valence-electron chi connectivity index (χ0n) is 13.4. The van der Waals surface area contributed by atoms with Crippen molar-refractivity contribution >= 4 is 17.7 Å². The molecule has 1 aromatic carbocycles. The lowest BCUT2D eigenvalue weighted by Gasteiger charge is -2.08. The summed E-state index contributed by atoms with van der Waals surface area (Å²) in [6.45, 7) is 0.299. The third kappa shape index (κ3) is 4.90. The summed E-state index contributed by atoms with van der Waals surface area (Å²) >= 11 is 1.52. The fourth-order valence-corrected chi connectivity index (χ4v) is 3.06. The highest BCUT2D eigenvalue weighted by Crippen LogP contribution is 2.15. The monoisotopic (exact) mass is 356 g/mol. The maximum atomic E-state index is 14.2. The second-order valence-corrected chi connectivity index (χ2v) is 6.37. The molecule has 0 spiro atoms. The van der Waals surface area contributed by atoms with E-state index < -0.39 is 0 Å². The molecule has 0 aliphatic carbocycles. The van der Waals surface area contributed by atoms with Crippen LogP contribution in [0.15, 0.2) is 61.4 Å². The highest BCUT2D eigenvalue weighted by molar-refractivity contribution is 7.99. The van der Waals surface area contributed by atoms with Crippen LogP contribution >= 0.6 is 11.8 Å². The van der Waals surface area contributed by atoms with Crippen molar-refractivity contribution in [2.24, 2.45) is 0 Å². The van der Waals surface area contributed by atoms with Crippen molar-refractivity contribution in [3.63, 3.8) is 0 Å². The minimum Gasteiger partial charge on any atom is -0.351 e. The highest BCUT2D eigenvalue weighted by Gasteiger charge is 2.07. The van der Waals surface area contributed by atoms with Crippen LogP contribution in [0.25, 0.3) is 5.69 Å². The summed E-state index contributed by atoms with van der Waals surface area (Å²) in [5.41, 5.74) is 2.23. The van der Waals surface area contributed by atoms with Crippen LogP contribution in [-0.2, 0) is 17.1 Å². The number of imidazole rings is 1. The molecule has 7 heteroatoms. The molecule has 0 aliphatic heterocycles. The van der Waals surface area contributed by atoms with Gasteiger partial charge in [0.2, 0.25) is 5.91 Å². The molecule has 1 N–H and O–H groups in total. The molecule has 0 saturated heterocycles. The van der Waals surface area contributed by atoms with Gasteiger partial charge < -0.3 is 9.88 Å². The molecule has 0 fully saturated rings. The zero-order chi connectivity index (χ0) is 17.5. The van der Waals surface area contributed by atoms with E-state index in [1.54, 1.807) is 47.8 Å². The Morgan fingerprint density at radius 1 is 1.20 bits per heavy atom. The number of thioether (sulfide) groups is 1. The van der Waals surface area contributed by atoms with Gasteiger partial charge in [0, 0.05) is 37.1 Å². The van der Waals surface area contributed by atoms with E-state index in [1.807, 2.05) is 12.1 Å². The molecule has 2 aromatic heterocycles. The summed E-state index contributed by atoms with van der Waals surface area (Å²) in [6, 6.07) is 8.75. The first-order chi connectivity index (χ1) is 12.2. The van der Waals surface area contributed by atoms with Crippen LogP contribution in [0.4, 0.5) is 4.39 Å². The molecule has 2 heterocycles. The van der Waals surface area contributed by atoms with Crippen LogP contribution in [0.3, 0.4) is 0 Å². The standard InChI is InChI=1S/C18H17FN4OS/c19-16-8-14(3-4-17(16)23-7-6-21-13-23)10-22-18(24)12-25-11-15-2-1-5-20-9-15/h1-9,13H,10-12H2,(H,22,24). The smallest absolute Gasteiger partial charge is 0.230 e. The van der Waals surface area contributed by atoms with Crippen LogP contribution in [0, 0.1) is 5.82 Å². The van der Waals surface area contributed by atoms with Gasteiger partial charge in [-0.2, -0.15) is 0 Å². The van der Waals surface area contributed by atoms with Crippen LogP contribution in [0.2, 0.25) is 0 Å². The molecular formula is C18H17FN4OS. The Morgan fingerprint density at radius 2 is 2.12 bits per heavy atom. The Kier molecular flexibility index (Phi) is 5.79. The van der Waals surface area contributed by atoms with Crippen molar-refractivity contribution in [3.8, 4) is 5.69 Å². The lowest BCUT2D eigenvalue weighted by atomic mass is 10.2. The molecule has 3 aromatic rings. The SMILES string of the molecule is O=C(CSCc1cccnc1)NCc1ccc(-n2ccnc2)c(F)c1. The first kappa shape index (κ1) is 17.2.